The molecule has 4 atom stereocenters. The lowest BCUT2D eigenvalue weighted by Crippen LogP contribution is -2.48. The molecule has 0 saturated carbocycles. The first-order valence-corrected chi connectivity index (χ1v) is 15.7. The van der Waals surface area contributed by atoms with Gasteiger partial charge in [0.2, 0.25) is 10.0 Å². The summed E-state index contributed by atoms with van der Waals surface area (Å²) >= 11 is 0. The van der Waals surface area contributed by atoms with Gasteiger partial charge >= 0.3 is 0 Å². The molecule has 3 aromatic rings. The van der Waals surface area contributed by atoms with E-state index in [1.165, 1.54) is 32.4 Å². The van der Waals surface area contributed by atoms with Crippen molar-refractivity contribution < 1.29 is 46.5 Å². The lowest BCUT2D eigenvalue weighted by Gasteiger charge is -2.27. The maximum atomic E-state index is 13.7. The van der Waals surface area contributed by atoms with E-state index in [0.29, 0.717) is 6.07 Å². The second kappa shape index (κ2) is 15.8. The average molecular weight is 650 g/mol. The number of sulfonamides is 1. The van der Waals surface area contributed by atoms with E-state index in [-0.39, 0.29) is 29.0 Å². The van der Waals surface area contributed by atoms with Gasteiger partial charge in [-0.3, -0.25) is 13.9 Å². The third kappa shape index (κ3) is 10.2. The van der Waals surface area contributed by atoms with E-state index in [9.17, 15) is 37.0 Å². The minimum Gasteiger partial charge on any atom is -0.491 e. The molecule has 0 radical (unpaired) electrons. The van der Waals surface area contributed by atoms with Crippen LogP contribution in [0, 0.1) is 11.6 Å². The molecule has 0 spiro atoms. The van der Waals surface area contributed by atoms with Crippen molar-refractivity contribution in [2.75, 3.05) is 37.9 Å². The molecule has 4 unspecified atom stereocenters. The van der Waals surface area contributed by atoms with Crippen molar-refractivity contribution in [2.24, 2.45) is 0 Å². The molecule has 0 aliphatic carbocycles. The van der Waals surface area contributed by atoms with Crippen molar-refractivity contribution in [2.45, 2.75) is 37.6 Å². The number of carbonyl (C=O) groups is 2. The number of rotatable bonds is 15. The Kier molecular flexibility index (Phi) is 12.4. The number of hydrogen-bond acceptors (Lipinski definition) is 8. The van der Waals surface area contributed by atoms with Crippen LogP contribution >= 0.6 is 0 Å². The van der Waals surface area contributed by atoms with Crippen molar-refractivity contribution in [3.05, 3.63) is 95.1 Å². The SMILES string of the molecule is COC(CO)CC(O)C(COc1cc(F)cc(F)c1)NC(=O)c1cc(C(=O)NC(C)c2ccccc2)cc(N(C)S(C)(=O)=O)c1. The van der Waals surface area contributed by atoms with Gasteiger partial charge in [-0.15, -0.1) is 0 Å². The zero-order valence-electron chi connectivity index (χ0n) is 25.2. The number of nitrogens with zero attached hydrogens (tertiary/aromatic N) is 1. The Hall–Kier alpha value is -4.11. The fraction of sp³-hybridized carbons (Fsp3) is 0.355. The maximum absolute atomic E-state index is 13.7. The highest BCUT2D eigenvalue weighted by Crippen LogP contribution is 2.23. The highest BCUT2D eigenvalue weighted by Gasteiger charge is 2.27. The number of hydrogen-bond donors (Lipinski definition) is 4. The first kappa shape index (κ1) is 35.4. The summed E-state index contributed by atoms with van der Waals surface area (Å²) in [5, 5.41) is 25.9. The number of benzene rings is 3. The van der Waals surface area contributed by atoms with E-state index in [1.807, 2.05) is 30.3 Å². The number of aliphatic hydroxyl groups is 2. The Labute approximate surface area is 260 Å². The van der Waals surface area contributed by atoms with Gasteiger partial charge in [0, 0.05) is 49.9 Å². The number of anilines is 1. The molecule has 0 saturated heterocycles. The molecular formula is C31H37F2N3O8S. The van der Waals surface area contributed by atoms with Crippen LogP contribution in [-0.4, -0.2) is 82.3 Å². The highest BCUT2D eigenvalue weighted by atomic mass is 32.2. The van der Waals surface area contributed by atoms with Gasteiger partial charge in [0.1, 0.15) is 24.0 Å². The van der Waals surface area contributed by atoms with Crippen LogP contribution in [0.15, 0.2) is 66.7 Å². The number of methoxy groups -OCH3 is 1. The van der Waals surface area contributed by atoms with Crippen LogP contribution in [0.3, 0.4) is 0 Å². The summed E-state index contributed by atoms with van der Waals surface area (Å²) in [5.74, 6) is -3.40. The Morgan fingerprint density at radius 2 is 1.53 bits per heavy atom. The van der Waals surface area contributed by atoms with E-state index in [2.05, 4.69) is 10.6 Å². The minimum atomic E-state index is -3.80. The summed E-state index contributed by atoms with van der Waals surface area (Å²) < 4.78 is 63.6. The third-order valence-electron chi connectivity index (χ3n) is 7.04. The van der Waals surface area contributed by atoms with Gasteiger partial charge in [-0.05, 0) is 30.7 Å². The summed E-state index contributed by atoms with van der Waals surface area (Å²) in [6.07, 6.45) is -1.37. The number of amides is 2. The molecular weight excluding hydrogens is 612 g/mol. The summed E-state index contributed by atoms with van der Waals surface area (Å²) in [7, 11) is -1.21. The van der Waals surface area contributed by atoms with Gasteiger partial charge < -0.3 is 30.3 Å². The second-order valence-corrected chi connectivity index (χ2v) is 12.5. The normalized spacial score (nSPS) is 14.1. The number of nitrogens with one attached hydrogen (secondary N) is 2. The number of ether oxygens (including phenoxy) is 2. The van der Waals surface area contributed by atoms with Crippen LogP contribution < -0.4 is 19.7 Å². The van der Waals surface area contributed by atoms with Crippen LogP contribution in [0.4, 0.5) is 14.5 Å². The van der Waals surface area contributed by atoms with Gasteiger partial charge in [-0.1, -0.05) is 30.3 Å². The van der Waals surface area contributed by atoms with E-state index < -0.39 is 71.0 Å². The van der Waals surface area contributed by atoms with Crippen LogP contribution in [0.5, 0.6) is 5.75 Å². The molecule has 0 aliphatic heterocycles. The fourth-order valence-electron chi connectivity index (χ4n) is 4.33. The molecule has 4 N–H and O–H groups in total. The standard InChI is InChI=1S/C31H37F2N3O8S/c1-19(20-8-6-5-7-9-20)34-30(39)21-10-22(12-25(11-21)36(2)45(4,41)42)31(40)35-28(29(38)16-27(17-37)43-3)18-44-26-14-23(32)13-24(33)15-26/h5-15,19,27-29,37-38H,16-18H2,1-4H3,(H,34,39)(H,35,40). The van der Waals surface area contributed by atoms with E-state index >= 15 is 0 Å². The van der Waals surface area contributed by atoms with Crippen LogP contribution in [0.25, 0.3) is 0 Å². The quantitative estimate of drug-likeness (QED) is 0.196. The predicted molar refractivity (Wildman–Crippen MR) is 164 cm³/mol. The topological polar surface area (TPSA) is 154 Å². The lowest BCUT2D eigenvalue weighted by atomic mass is 10.0. The van der Waals surface area contributed by atoms with Crippen LogP contribution in [-0.2, 0) is 14.8 Å². The predicted octanol–water partition coefficient (Wildman–Crippen LogP) is 2.79. The Bertz CT molecular complexity index is 1550. The van der Waals surface area contributed by atoms with Gasteiger partial charge in [0.25, 0.3) is 11.8 Å². The summed E-state index contributed by atoms with van der Waals surface area (Å²) in [6.45, 7) is 0.871. The van der Waals surface area contributed by atoms with Crippen molar-refractivity contribution in [1.82, 2.24) is 10.6 Å². The monoisotopic (exact) mass is 649 g/mol. The summed E-state index contributed by atoms with van der Waals surface area (Å²) in [4.78, 5) is 26.9. The van der Waals surface area contributed by atoms with Gasteiger partial charge in [-0.2, -0.15) is 0 Å². The summed E-state index contributed by atoms with van der Waals surface area (Å²) in [5.41, 5.74) is 0.700. The van der Waals surface area contributed by atoms with Crippen LogP contribution in [0.2, 0.25) is 0 Å². The molecule has 244 valence electrons. The molecule has 3 aromatic carbocycles. The highest BCUT2D eigenvalue weighted by molar-refractivity contribution is 7.92. The first-order valence-electron chi connectivity index (χ1n) is 13.9. The molecule has 0 aromatic heterocycles. The van der Waals surface area contributed by atoms with Crippen molar-refractivity contribution >= 4 is 27.5 Å². The zero-order valence-corrected chi connectivity index (χ0v) is 26.1. The molecule has 11 nitrogen and oxygen atoms in total. The Morgan fingerprint density at radius 1 is 0.956 bits per heavy atom. The molecule has 0 heterocycles. The molecule has 3 rings (SSSR count). The number of carbonyl (C=O) groups excluding carboxylic acids is 2. The van der Waals surface area contributed by atoms with E-state index in [4.69, 9.17) is 9.47 Å². The molecule has 2 amide bonds. The lowest BCUT2D eigenvalue weighted by molar-refractivity contribution is -0.00501. The Morgan fingerprint density at radius 3 is 2.07 bits per heavy atom. The molecule has 14 heteroatoms. The second-order valence-electron chi connectivity index (χ2n) is 10.4. The van der Waals surface area contributed by atoms with Gasteiger partial charge in [-0.25, -0.2) is 17.2 Å². The first-order chi connectivity index (χ1) is 21.2. The van der Waals surface area contributed by atoms with Gasteiger partial charge in [0.15, 0.2) is 0 Å². The number of halogens is 2. The van der Waals surface area contributed by atoms with Gasteiger partial charge in [0.05, 0.1) is 42.8 Å². The third-order valence-corrected chi connectivity index (χ3v) is 8.24. The van der Waals surface area contributed by atoms with Crippen LogP contribution in [0.1, 0.15) is 45.7 Å². The largest absolute Gasteiger partial charge is 0.491 e. The molecule has 0 aliphatic rings. The Balaban J connectivity index is 1.94. The zero-order chi connectivity index (χ0) is 33.3. The average Bonchev–Trinajstić information content (AvgIpc) is 3.00. The fourth-order valence-corrected chi connectivity index (χ4v) is 4.82. The maximum Gasteiger partial charge on any atom is 0.251 e. The minimum absolute atomic E-state index is 0.0146. The molecule has 45 heavy (non-hydrogen) atoms. The van der Waals surface area contributed by atoms with Crippen molar-refractivity contribution in [1.29, 1.82) is 0 Å². The smallest absolute Gasteiger partial charge is 0.251 e. The van der Waals surface area contributed by atoms with E-state index in [0.717, 1.165) is 28.3 Å². The number of aliphatic hydroxyl groups excluding tert-OH is 2. The van der Waals surface area contributed by atoms with Crippen molar-refractivity contribution in [3.63, 3.8) is 0 Å². The molecule has 0 bridgehead atoms. The van der Waals surface area contributed by atoms with Crippen molar-refractivity contribution in [3.8, 4) is 5.75 Å². The summed E-state index contributed by atoms with van der Waals surface area (Å²) in [6, 6.07) is 13.8. The molecule has 0 fully saturated rings. The van der Waals surface area contributed by atoms with E-state index in [1.54, 1.807) is 6.92 Å².